The van der Waals surface area contributed by atoms with E-state index in [9.17, 15) is 17.6 Å². The molecule has 1 N–H and O–H groups in total. The Balaban J connectivity index is 1.73. The summed E-state index contributed by atoms with van der Waals surface area (Å²) in [6.07, 6.45) is -2.64. The summed E-state index contributed by atoms with van der Waals surface area (Å²) in [5.41, 5.74) is 0.805. The zero-order chi connectivity index (χ0) is 22.5. The average molecular weight is 445 g/mol. The van der Waals surface area contributed by atoms with E-state index in [1.54, 1.807) is 0 Å². The van der Waals surface area contributed by atoms with Crippen LogP contribution in [0.2, 0.25) is 0 Å². The van der Waals surface area contributed by atoms with Crippen LogP contribution in [0, 0.1) is 5.82 Å². The van der Waals surface area contributed by atoms with Gasteiger partial charge >= 0.3 is 6.18 Å². The van der Waals surface area contributed by atoms with Gasteiger partial charge in [0.1, 0.15) is 11.9 Å². The molecule has 2 heterocycles. The third-order valence-corrected chi connectivity index (χ3v) is 6.41. The van der Waals surface area contributed by atoms with Gasteiger partial charge in [0.25, 0.3) is 0 Å². The third kappa shape index (κ3) is 5.88. The Kier molecular flexibility index (Phi) is 7.80. The quantitative estimate of drug-likeness (QED) is 0.429. The van der Waals surface area contributed by atoms with Gasteiger partial charge in [0.05, 0.1) is 6.54 Å². The zero-order valence-electron chi connectivity index (χ0n) is 18.2. The van der Waals surface area contributed by atoms with Crippen molar-refractivity contribution in [2.75, 3.05) is 52.5 Å². The van der Waals surface area contributed by atoms with Gasteiger partial charge in [-0.25, -0.2) is 4.39 Å². The molecule has 2 aliphatic rings. The van der Waals surface area contributed by atoms with Crippen LogP contribution < -0.4 is 5.32 Å². The lowest BCUT2D eigenvalue weighted by Crippen LogP contribution is -2.57. The Morgan fingerprint density at radius 1 is 1.13 bits per heavy atom. The van der Waals surface area contributed by atoms with Crippen LogP contribution in [0.3, 0.4) is 0 Å². The van der Waals surface area contributed by atoms with Gasteiger partial charge < -0.3 is 15.0 Å². The fraction of sp³-hybridized carbons (Fsp3) is 0.682. The Labute approximate surface area is 181 Å². The lowest BCUT2D eigenvalue weighted by molar-refractivity contribution is -0.181. The SMILES string of the molecule is CCNC(=NCC1(c2ccc(F)cc2)CCOCC1)N1CCN(C(C)C(F)(F)F)CC1. The molecule has 174 valence electrons. The lowest BCUT2D eigenvalue weighted by atomic mass is 9.74. The molecule has 0 radical (unpaired) electrons. The number of hydrogen-bond donors (Lipinski definition) is 1. The molecule has 2 aliphatic heterocycles. The number of halogens is 4. The first kappa shape index (κ1) is 23.8. The molecule has 1 unspecified atom stereocenters. The highest BCUT2D eigenvalue weighted by Crippen LogP contribution is 2.35. The van der Waals surface area contributed by atoms with Gasteiger partial charge in [-0.05, 0) is 44.4 Å². The summed E-state index contributed by atoms with van der Waals surface area (Å²) in [5, 5.41) is 3.29. The van der Waals surface area contributed by atoms with Crippen molar-refractivity contribution in [2.24, 2.45) is 4.99 Å². The minimum Gasteiger partial charge on any atom is -0.381 e. The fourth-order valence-corrected chi connectivity index (χ4v) is 4.28. The standard InChI is InChI=1S/C22H32F4N4O/c1-3-27-20(30-12-10-29(11-13-30)17(2)22(24,25)26)28-16-21(8-14-31-15-9-21)18-4-6-19(23)7-5-18/h4-7,17H,3,8-16H2,1-2H3,(H,27,28). The molecule has 0 saturated carbocycles. The second kappa shape index (κ2) is 10.2. The summed E-state index contributed by atoms with van der Waals surface area (Å²) in [4.78, 5) is 8.39. The maximum Gasteiger partial charge on any atom is 0.403 e. The molecule has 3 rings (SSSR count). The normalized spacial score (nSPS) is 21.7. The molecule has 0 spiro atoms. The number of aliphatic imine (C=N–C) groups is 1. The van der Waals surface area contributed by atoms with Crippen LogP contribution in [0.5, 0.6) is 0 Å². The van der Waals surface area contributed by atoms with Crippen molar-refractivity contribution in [3.8, 4) is 0 Å². The van der Waals surface area contributed by atoms with Gasteiger partial charge in [-0.15, -0.1) is 0 Å². The maximum atomic E-state index is 13.5. The number of nitrogens with one attached hydrogen (secondary N) is 1. The third-order valence-electron chi connectivity index (χ3n) is 6.41. The van der Waals surface area contributed by atoms with Crippen LogP contribution in [0.15, 0.2) is 29.3 Å². The number of rotatable bonds is 5. The topological polar surface area (TPSA) is 40.1 Å². The number of hydrogen-bond acceptors (Lipinski definition) is 3. The van der Waals surface area contributed by atoms with E-state index < -0.39 is 12.2 Å². The molecule has 1 atom stereocenters. The lowest BCUT2D eigenvalue weighted by Gasteiger charge is -2.40. The van der Waals surface area contributed by atoms with Gasteiger partial charge in [-0.3, -0.25) is 9.89 Å². The van der Waals surface area contributed by atoms with Crippen LogP contribution in [0.25, 0.3) is 0 Å². The van der Waals surface area contributed by atoms with Crippen molar-refractivity contribution >= 4 is 5.96 Å². The second-order valence-electron chi connectivity index (χ2n) is 8.31. The van der Waals surface area contributed by atoms with E-state index in [2.05, 4.69) is 5.32 Å². The summed E-state index contributed by atoms with van der Waals surface area (Å²) >= 11 is 0. The molecule has 2 fully saturated rings. The molecule has 31 heavy (non-hydrogen) atoms. The van der Waals surface area contributed by atoms with Gasteiger partial charge in [-0.1, -0.05) is 12.1 Å². The van der Waals surface area contributed by atoms with Crippen LogP contribution in [0.1, 0.15) is 32.3 Å². The van der Waals surface area contributed by atoms with E-state index in [0.717, 1.165) is 24.4 Å². The first-order valence-electron chi connectivity index (χ1n) is 10.9. The molecule has 0 aliphatic carbocycles. The van der Waals surface area contributed by atoms with Crippen LogP contribution in [-0.4, -0.2) is 80.5 Å². The van der Waals surface area contributed by atoms with E-state index in [1.807, 2.05) is 24.0 Å². The number of ether oxygens (including phenoxy) is 1. The van der Waals surface area contributed by atoms with Crippen molar-refractivity contribution in [1.29, 1.82) is 0 Å². The van der Waals surface area contributed by atoms with E-state index in [0.29, 0.717) is 52.5 Å². The number of benzene rings is 1. The minimum absolute atomic E-state index is 0.237. The predicted octanol–water partition coefficient (Wildman–Crippen LogP) is 3.41. The van der Waals surface area contributed by atoms with E-state index in [4.69, 9.17) is 9.73 Å². The largest absolute Gasteiger partial charge is 0.403 e. The minimum atomic E-state index is -4.22. The maximum absolute atomic E-state index is 13.5. The molecule has 0 bridgehead atoms. The summed E-state index contributed by atoms with van der Waals surface area (Å²) < 4.78 is 58.1. The van der Waals surface area contributed by atoms with E-state index in [-0.39, 0.29) is 11.2 Å². The van der Waals surface area contributed by atoms with Gasteiger partial charge in [0.2, 0.25) is 0 Å². The summed E-state index contributed by atoms with van der Waals surface area (Å²) in [6.45, 7) is 7.26. The summed E-state index contributed by atoms with van der Waals surface area (Å²) in [5.74, 6) is 0.448. The average Bonchev–Trinajstić information content (AvgIpc) is 2.77. The molecule has 1 aromatic rings. The molecule has 0 aromatic heterocycles. The van der Waals surface area contributed by atoms with Gasteiger partial charge in [-0.2, -0.15) is 13.2 Å². The Morgan fingerprint density at radius 3 is 2.29 bits per heavy atom. The highest BCUT2D eigenvalue weighted by molar-refractivity contribution is 5.80. The number of piperazine rings is 1. The van der Waals surface area contributed by atoms with Gasteiger partial charge in [0.15, 0.2) is 5.96 Å². The molecule has 1 aromatic carbocycles. The smallest absolute Gasteiger partial charge is 0.381 e. The molecule has 0 amide bonds. The van der Waals surface area contributed by atoms with Crippen molar-refractivity contribution in [3.63, 3.8) is 0 Å². The Hall–Kier alpha value is -1.87. The summed E-state index contributed by atoms with van der Waals surface area (Å²) in [6, 6.07) is 5.14. The highest BCUT2D eigenvalue weighted by Gasteiger charge is 2.41. The van der Waals surface area contributed by atoms with Crippen molar-refractivity contribution < 1.29 is 22.3 Å². The Bertz CT molecular complexity index is 724. The van der Waals surface area contributed by atoms with Crippen molar-refractivity contribution in [3.05, 3.63) is 35.6 Å². The Morgan fingerprint density at radius 2 is 1.74 bits per heavy atom. The predicted molar refractivity (Wildman–Crippen MR) is 113 cm³/mol. The molecule has 2 saturated heterocycles. The number of guanidine groups is 1. The van der Waals surface area contributed by atoms with E-state index in [1.165, 1.54) is 24.0 Å². The van der Waals surface area contributed by atoms with Crippen LogP contribution >= 0.6 is 0 Å². The number of nitrogens with zero attached hydrogens (tertiary/aromatic N) is 3. The van der Waals surface area contributed by atoms with E-state index >= 15 is 0 Å². The van der Waals surface area contributed by atoms with Gasteiger partial charge in [0, 0.05) is 51.4 Å². The van der Waals surface area contributed by atoms with Crippen LogP contribution in [-0.2, 0) is 10.2 Å². The number of alkyl halides is 3. The highest BCUT2D eigenvalue weighted by atomic mass is 19.4. The fourth-order valence-electron chi connectivity index (χ4n) is 4.28. The monoisotopic (exact) mass is 444 g/mol. The second-order valence-corrected chi connectivity index (χ2v) is 8.31. The van der Waals surface area contributed by atoms with Crippen LogP contribution in [0.4, 0.5) is 17.6 Å². The van der Waals surface area contributed by atoms with Crippen molar-refractivity contribution in [2.45, 2.75) is 44.3 Å². The molecule has 5 nitrogen and oxygen atoms in total. The molecule has 9 heteroatoms. The molecular formula is C22H32F4N4O. The van der Waals surface area contributed by atoms with Crippen molar-refractivity contribution in [1.82, 2.24) is 15.1 Å². The first-order valence-corrected chi connectivity index (χ1v) is 10.9. The molecular weight excluding hydrogens is 412 g/mol. The summed E-state index contributed by atoms with van der Waals surface area (Å²) in [7, 11) is 0. The first-order chi connectivity index (χ1) is 14.7. The zero-order valence-corrected chi connectivity index (χ0v) is 18.2.